The number of hydrogen-bond donors (Lipinski definition) is 2. The van der Waals surface area contributed by atoms with Crippen molar-refractivity contribution in [2.75, 3.05) is 25.0 Å². The van der Waals surface area contributed by atoms with E-state index in [9.17, 15) is 8.42 Å². The summed E-state index contributed by atoms with van der Waals surface area (Å²) in [6.07, 6.45) is 4.22. The highest BCUT2D eigenvalue weighted by Gasteiger charge is 2.32. The molecule has 0 aliphatic carbocycles. The average Bonchev–Trinajstić information content (AvgIpc) is 2.91. The summed E-state index contributed by atoms with van der Waals surface area (Å²) in [6, 6.07) is 3.45. The monoisotopic (exact) mass is 313 g/mol. The van der Waals surface area contributed by atoms with Crippen molar-refractivity contribution in [2.45, 2.75) is 43.7 Å². The van der Waals surface area contributed by atoms with E-state index in [1.165, 1.54) is 6.20 Å². The van der Waals surface area contributed by atoms with Crippen LogP contribution in [0.4, 0.5) is 5.69 Å². The lowest BCUT2D eigenvalue weighted by molar-refractivity contribution is 0.0250. The molecule has 2 heterocycles. The first kappa shape index (κ1) is 16.2. The normalized spacial score (nSPS) is 22.4. The fraction of sp³-hybridized carbons (Fsp3) is 0.643. The average molecular weight is 313 g/mol. The van der Waals surface area contributed by atoms with E-state index in [0.717, 1.165) is 19.3 Å². The Morgan fingerprint density at radius 2 is 2.29 bits per heavy atom. The number of nitrogens with zero attached hydrogens (tertiary/aromatic N) is 1. The molecule has 0 spiro atoms. The molecular weight excluding hydrogens is 290 g/mol. The maximum atomic E-state index is 12.4. The highest BCUT2D eigenvalue weighted by Crippen LogP contribution is 2.25. The molecule has 0 aromatic carbocycles. The van der Waals surface area contributed by atoms with Gasteiger partial charge in [0, 0.05) is 25.9 Å². The fourth-order valence-corrected chi connectivity index (χ4v) is 3.55. The van der Waals surface area contributed by atoms with E-state index in [1.54, 1.807) is 12.1 Å². The summed E-state index contributed by atoms with van der Waals surface area (Å²) in [4.78, 5) is 4.02. The molecule has 1 unspecified atom stereocenters. The molecule has 2 rings (SSSR count). The first-order chi connectivity index (χ1) is 9.97. The Kier molecular flexibility index (Phi) is 5.18. The molecule has 21 heavy (non-hydrogen) atoms. The van der Waals surface area contributed by atoms with Crippen molar-refractivity contribution >= 4 is 15.7 Å². The van der Waals surface area contributed by atoms with E-state index in [0.29, 0.717) is 18.8 Å². The van der Waals surface area contributed by atoms with Crippen LogP contribution in [0.25, 0.3) is 0 Å². The zero-order valence-corrected chi connectivity index (χ0v) is 13.4. The Morgan fingerprint density at radius 1 is 1.48 bits per heavy atom. The maximum Gasteiger partial charge on any atom is 0.260 e. The van der Waals surface area contributed by atoms with Gasteiger partial charge in [0.25, 0.3) is 10.0 Å². The lowest BCUT2D eigenvalue weighted by Crippen LogP contribution is -2.40. The molecule has 1 saturated heterocycles. The smallest absolute Gasteiger partial charge is 0.260 e. The minimum Gasteiger partial charge on any atom is -0.383 e. The SMILES string of the molecule is CCCNc1cccnc1S(=O)(=O)NCC1(C)CCCO1. The van der Waals surface area contributed by atoms with Gasteiger partial charge in [-0.2, -0.15) is 0 Å². The van der Waals surface area contributed by atoms with Crippen LogP contribution in [0.15, 0.2) is 23.4 Å². The number of aromatic nitrogens is 1. The summed E-state index contributed by atoms with van der Waals surface area (Å²) in [7, 11) is -3.65. The molecule has 1 aliphatic heterocycles. The number of ether oxygens (including phenoxy) is 1. The van der Waals surface area contributed by atoms with Gasteiger partial charge in [0.1, 0.15) is 0 Å². The Morgan fingerprint density at radius 3 is 2.95 bits per heavy atom. The van der Waals surface area contributed by atoms with Crippen LogP contribution in [0.3, 0.4) is 0 Å². The van der Waals surface area contributed by atoms with Crippen molar-refractivity contribution in [3.8, 4) is 0 Å². The van der Waals surface area contributed by atoms with Gasteiger partial charge in [-0.15, -0.1) is 0 Å². The van der Waals surface area contributed by atoms with E-state index < -0.39 is 15.6 Å². The second-order valence-electron chi connectivity index (χ2n) is 5.51. The van der Waals surface area contributed by atoms with Crippen LogP contribution in [0.2, 0.25) is 0 Å². The summed E-state index contributed by atoms with van der Waals surface area (Å²) in [5, 5.41) is 3.14. The Labute approximate surface area is 126 Å². The van der Waals surface area contributed by atoms with Gasteiger partial charge in [-0.1, -0.05) is 6.92 Å². The topological polar surface area (TPSA) is 80.3 Å². The molecule has 1 fully saturated rings. The summed E-state index contributed by atoms with van der Waals surface area (Å²) >= 11 is 0. The van der Waals surface area contributed by atoms with Crippen molar-refractivity contribution in [1.29, 1.82) is 0 Å². The van der Waals surface area contributed by atoms with E-state index in [2.05, 4.69) is 15.0 Å². The molecule has 0 saturated carbocycles. The number of hydrogen-bond acceptors (Lipinski definition) is 5. The first-order valence-electron chi connectivity index (χ1n) is 7.29. The maximum absolute atomic E-state index is 12.4. The van der Waals surface area contributed by atoms with E-state index in [4.69, 9.17) is 4.74 Å². The van der Waals surface area contributed by atoms with E-state index in [-0.39, 0.29) is 11.6 Å². The standard InChI is InChI=1S/C14H23N3O3S/c1-3-8-15-12-6-4-9-16-13(12)21(18,19)17-11-14(2)7-5-10-20-14/h4,6,9,15,17H,3,5,7-8,10-11H2,1-2H3. The van der Waals surface area contributed by atoms with Gasteiger partial charge in [0.05, 0.1) is 11.3 Å². The Bertz CT molecular complexity index is 569. The molecule has 1 aromatic rings. The van der Waals surface area contributed by atoms with Crippen LogP contribution < -0.4 is 10.0 Å². The molecule has 1 aliphatic rings. The van der Waals surface area contributed by atoms with Gasteiger partial charge < -0.3 is 10.1 Å². The lowest BCUT2D eigenvalue weighted by Gasteiger charge is -2.23. The molecule has 0 amide bonds. The molecule has 1 atom stereocenters. The zero-order chi connectivity index (χ0) is 15.3. The second kappa shape index (κ2) is 6.72. The van der Waals surface area contributed by atoms with Crippen LogP contribution in [-0.4, -0.2) is 38.7 Å². The van der Waals surface area contributed by atoms with Crippen LogP contribution in [-0.2, 0) is 14.8 Å². The van der Waals surface area contributed by atoms with Crippen LogP contribution in [0.5, 0.6) is 0 Å². The minimum absolute atomic E-state index is 0.0417. The lowest BCUT2D eigenvalue weighted by atomic mass is 10.0. The largest absolute Gasteiger partial charge is 0.383 e. The van der Waals surface area contributed by atoms with Gasteiger partial charge in [0.2, 0.25) is 0 Å². The van der Waals surface area contributed by atoms with Crippen molar-refractivity contribution in [2.24, 2.45) is 0 Å². The predicted molar refractivity (Wildman–Crippen MR) is 81.8 cm³/mol. The number of pyridine rings is 1. The highest BCUT2D eigenvalue weighted by atomic mass is 32.2. The van der Waals surface area contributed by atoms with E-state index in [1.807, 2.05) is 13.8 Å². The molecule has 0 radical (unpaired) electrons. The number of sulfonamides is 1. The molecular formula is C14H23N3O3S. The third-order valence-electron chi connectivity index (χ3n) is 3.53. The minimum atomic E-state index is -3.65. The molecule has 6 nitrogen and oxygen atoms in total. The highest BCUT2D eigenvalue weighted by molar-refractivity contribution is 7.89. The number of rotatable bonds is 7. The first-order valence-corrected chi connectivity index (χ1v) is 8.78. The van der Waals surface area contributed by atoms with Crippen molar-refractivity contribution in [1.82, 2.24) is 9.71 Å². The summed E-state index contributed by atoms with van der Waals surface area (Å²) in [6.45, 7) is 5.60. The summed E-state index contributed by atoms with van der Waals surface area (Å²) in [5.41, 5.74) is 0.114. The molecule has 0 bridgehead atoms. The molecule has 7 heteroatoms. The van der Waals surface area contributed by atoms with Crippen molar-refractivity contribution in [3.63, 3.8) is 0 Å². The van der Waals surface area contributed by atoms with Gasteiger partial charge in [-0.25, -0.2) is 18.1 Å². The van der Waals surface area contributed by atoms with Gasteiger partial charge in [-0.05, 0) is 38.3 Å². The fourth-order valence-electron chi connectivity index (χ4n) is 2.29. The quantitative estimate of drug-likeness (QED) is 0.801. The second-order valence-corrected chi connectivity index (χ2v) is 7.19. The zero-order valence-electron chi connectivity index (χ0n) is 12.6. The Balaban J connectivity index is 2.11. The third-order valence-corrected chi connectivity index (χ3v) is 4.89. The van der Waals surface area contributed by atoms with E-state index >= 15 is 0 Å². The number of nitrogens with one attached hydrogen (secondary N) is 2. The van der Waals surface area contributed by atoms with Crippen molar-refractivity contribution in [3.05, 3.63) is 18.3 Å². The molecule has 1 aromatic heterocycles. The molecule has 2 N–H and O–H groups in total. The predicted octanol–water partition coefficient (Wildman–Crippen LogP) is 1.75. The number of anilines is 1. The van der Waals surface area contributed by atoms with Gasteiger partial charge in [0.15, 0.2) is 5.03 Å². The van der Waals surface area contributed by atoms with Gasteiger partial charge >= 0.3 is 0 Å². The summed E-state index contributed by atoms with van der Waals surface area (Å²) in [5.74, 6) is 0. The van der Waals surface area contributed by atoms with Crippen LogP contribution in [0, 0.1) is 0 Å². The molecule has 118 valence electrons. The summed E-state index contributed by atoms with van der Waals surface area (Å²) < 4.78 is 33.1. The van der Waals surface area contributed by atoms with Crippen LogP contribution >= 0.6 is 0 Å². The Hall–Kier alpha value is -1.18. The third kappa shape index (κ3) is 4.15. The van der Waals surface area contributed by atoms with Crippen molar-refractivity contribution < 1.29 is 13.2 Å². The van der Waals surface area contributed by atoms with Crippen LogP contribution in [0.1, 0.15) is 33.1 Å². The van der Waals surface area contributed by atoms with Gasteiger partial charge in [-0.3, -0.25) is 0 Å².